The highest BCUT2D eigenvalue weighted by atomic mass is 32.1. The Labute approximate surface area is 180 Å². The Bertz CT molecular complexity index is 991. The molecule has 0 aliphatic heterocycles. The van der Waals surface area contributed by atoms with Crippen LogP contribution in [0.1, 0.15) is 54.7 Å². The van der Waals surface area contributed by atoms with Gasteiger partial charge in [0.25, 0.3) is 0 Å². The summed E-state index contributed by atoms with van der Waals surface area (Å²) in [6, 6.07) is 15.1. The van der Waals surface area contributed by atoms with Crippen molar-refractivity contribution in [2.75, 3.05) is 6.61 Å². The average Bonchev–Trinajstić information content (AvgIpc) is 3.25. The van der Waals surface area contributed by atoms with Gasteiger partial charge in [0.15, 0.2) is 12.4 Å². The summed E-state index contributed by atoms with van der Waals surface area (Å²) < 4.78 is 10.7. The minimum absolute atomic E-state index is 0.0689. The van der Waals surface area contributed by atoms with Crippen molar-refractivity contribution < 1.29 is 19.1 Å². The largest absolute Gasteiger partial charge is 0.482 e. The Kier molecular flexibility index (Phi) is 7.36. The Balaban J connectivity index is 1.47. The smallest absolute Gasteiger partial charge is 0.344 e. The number of thiazole rings is 1. The molecule has 0 bridgehead atoms. The van der Waals surface area contributed by atoms with Crippen molar-refractivity contribution in [3.8, 4) is 16.3 Å². The predicted octanol–water partition coefficient (Wildman–Crippen LogP) is 5.65. The van der Waals surface area contributed by atoms with E-state index in [1.165, 1.54) is 16.9 Å². The van der Waals surface area contributed by atoms with Crippen molar-refractivity contribution in [3.63, 3.8) is 0 Å². The molecule has 2 aromatic carbocycles. The number of ketones is 1. The molecule has 0 spiro atoms. The first-order valence-electron chi connectivity index (χ1n) is 9.92. The Hall–Kier alpha value is -2.99. The zero-order chi connectivity index (χ0) is 21.5. The van der Waals surface area contributed by atoms with Gasteiger partial charge in [0.2, 0.25) is 0 Å². The molecule has 0 atom stereocenters. The van der Waals surface area contributed by atoms with E-state index in [9.17, 15) is 9.59 Å². The SMILES string of the molecule is CCC(=O)c1ccc(OCC(=O)OCc2csc(-c3ccc(C(C)C)cc3)n2)cc1. The van der Waals surface area contributed by atoms with E-state index >= 15 is 0 Å². The second-order valence-corrected chi connectivity index (χ2v) is 8.03. The first-order chi connectivity index (χ1) is 14.5. The zero-order valence-corrected chi connectivity index (χ0v) is 18.2. The van der Waals surface area contributed by atoms with E-state index in [4.69, 9.17) is 9.47 Å². The summed E-state index contributed by atoms with van der Waals surface area (Å²) in [7, 11) is 0. The number of carbonyl (C=O) groups is 2. The van der Waals surface area contributed by atoms with Gasteiger partial charge < -0.3 is 9.47 Å². The van der Waals surface area contributed by atoms with Gasteiger partial charge in [0.1, 0.15) is 17.4 Å². The highest BCUT2D eigenvalue weighted by Crippen LogP contribution is 2.26. The number of aromatic nitrogens is 1. The van der Waals surface area contributed by atoms with Crippen LogP contribution < -0.4 is 4.74 Å². The quantitative estimate of drug-likeness (QED) is 0.329. The molecular weight excluding hydrogens is 398 g/mol. The van der Waals surface area contributed by atoms with Crippen LogP contribution in [0.2, 0.25) is 0 Å². The number of rotatable bonds is 9. The fraction of sp³-hybridized carbons (Fsp3) is 0.292. The van der Waals surface area contributed by atoms with Crippen LogP contribution in [0.25, 0.3) is 10.6 Å². The molecule has 0 fully saturated rings. The third-order valence-corrected chi connectivity index (χ3v) is 5.55. The van der Waals surface area contributed by atoms with E-state index in [2.05, 4.69) is 43.1 Å². The molecule has 0 unspecified atom stereocenters. The summed E-state index contributed by atoms with van der Waals surface area (Å²) in [6.07, 6.45) is 0.452. The summed E-state index contributed by atoms with van der Waals surface area (Å²) >= 11 is 1.52. The minimum Gasteiger partial charge on any atom is -0.482 e. The van der Waals surface area contributed by atoms with Gasteiger partial charge in [-0.1, -0.05) is 45.0 Å². The van der Waals surface area contributed by atoms with Gasteiger partial charge in [0.05, 0.1) is 5.69 Å². The van der Waals surface area contributed by atoms with Crippen LogP contribution in [0, 0.1) is 0 Å². The molecule has 0 N–H and O–H groups in total. The number of nitrogens with zero attached hydrogens (tertiary/aromatic N) is 1. The molecule has 0 saturated carbocycles. The number of hydrogen-bond donors (Lipinski definition) is 0. The topological polar surface area (TPSA) is 65.5 Å². The van der Waals surface area contributed by atoms with E-state index in [-0.39, 0.29) is 19.0 Å². The normalized spacial score (nSPS) is 10.8. The van der Waals surface area contributed by atoms with Crippen LogP contribution in [0.4, 0.5) is 0 Å². The number of hydrogen-bond acceptors (Lipinski definition) is 6. The molecule has 0 radical (unpaired) electrons. The second kappa shape index (κ2) is 10.2. The molecule has 0 amide bonds. The maximum absolute atomic E-state index is 12.0. The maximum atomic E-state index is 12.0. The summed E-state index contributed by atoms with van der Waals surface area (Å²) in [5, 5.41) is 2.79. The van der Waals surface area contributed by atoms with Crippen molar-refractivity contribution in [2.45, 2.75) is 39.7 Å². The summed E-state index contributed by atoms with van der Waals surface area (Å²) in [5.41, 5.74) is 3.68. The summed E-state index contributed by atoms with van der Waals surface area (Å²) in [6.45, 7) is 6.05. The molecule has 3 rings (SSSR count). The number of carbonyl (C=O) groups excluding carboxylic acids is 2. The first kappa shape index (κ1) is 21.7. The van der Waals surface area contributed by atoms with E-state index in [0.717, 1.165) is 10.6 Å². The highest BCUT2D eigenvalue weighted by molar-refractivity contribution is 7.13. The lowest BCUT2D eigenvalue weighted by molar-refractivity contribution is -0.147. The molecule has 0 aliphatic carbocycles. The van der Waals surface area contributed by atoms with Crippen LogP contribution in [0.5, 0.6) is 5.75 Å². The van der Waals surface area contributed by atoms with E-state index < -0.39 is 5.97 Å². The van der Waals surface area contributed by atoms with E-state index in [1.807, 2.05) is 12.3 Å². The molecule has 156 valence electrons. The Morgan fingerprint density at radius 2 is 1.73 bits per heavy atom. The third kappa shape index (κ3) is 5.76. The fourth-order valence-corrected chi connectivity index (χ4v) is 3.61. The first-order valence-corrected chi connectivity index (χ1v) is 10.8. The molecule has 30 heavy (non-hydrogen) atoms. The summed E-state index contributed by atoms with van der Waals surface area (Å²) in [5.74, 6) is 0.601. The molecule has 5 nitrogen and oxygen atoms in total. The van der Waals surface area contributed by atoms with Crippen LogP contribution in [-0.4, -0.2) is 23.3 Å². The lowest BCUT2D eigenvalue weighted by Crippen LogP contribution is -2.14. The second-order valence-electron chi connectivity index (χ2n) is 7.17. The van der Waals surface area contributed by atoms with Gasteiger partial charge >= 0.3 is 5.97 Å². The Morgan fingerprint density at radius 1 is 1.03 bits per heavy atom. The highest BCUT2D eigenvalue weighted by Gasteiger charge is 2.10. The van der Waals surface area contributed by atoms with E-state index in [1.54, 1.807) is 24.3 Å². The van der Waals surface area contributed by atoms with Crippen molar-refractivity contribution in [3.05, 3.63) is 70.7 Å². The summed E-state index contributed by atoms with van der Waals surface area (Å²) in [4.78, 5) is 28.1. The van der Waals surface area contributed by atoms with Crippen LogP contribution >= 0.6 is 11.3 Å². The van der Waals surface area contributed by atoms with E-state index in [0.29, 0.717) is 29.3 Å². The van der Waals surface area contributed by atoms with Crippen LogP contribution in [0.3, 0.4) is 0 Å². The molecule has 1 aromatic heterocycles. The monoisotopic (exact) mass is 423 g/mol. The maximum Gasteiger partial charge on any atom is 0.344 e. The minimum atomic E-state index is -0.473. The third-order valence-electron chi connectivity index (χ3n) is 4.61. The zero-order valence-electron chi connectivity index (χ0n) is 17.4. The number of benzene rings is 2. The molecule has 0 saturated heterocycles. The molecule has 3 aromatic rings. The molecule has 6 heteroatoms. The van der Waals surface area contributed by atoms with Crippen LogP contribution in [-0.2, 0) is 16.1 Å². The lowest BCUT2D eigenvalue weighted by atomic mass is 10.0. The van der Waals surface area contributed by atoms with Gasteiger partial charge in [-0.05, 0) is 35.7 Å². The molecular formula is C24H25NO4S. The molecule has 0 aliphatic rings. The lowest BCUT2D eigenvalue weighted by Gasteiger charge is -2.07. The fourth-order valence-electron chi connectivity index (χ4n) is 2.80. The van der Waals surface area contributed by atoms with Crippen molar-refractivity contribution in [1.82, 2.24) is 4.98 Å². The Morgan fingerprint density at radius 3 is 2.37 bits per heavy atom. The van der Waals surface area contributed by atoms with Gasteiger partial charge in [0, 0.05) is 22.9 Å². The van der Waals surface area contributed by atoms with Crippen molar-refractivity contribution >= 4 is 23.1 Å². The van der Waals surface area contributed by atoms with Crippen molar-refractivity contribution in [2.24, 2.45) is 0 Å². The van der Waals surface area contributed by atoms with Gasteiger partial charge in [-0.2, -0.15) is 0 Å². The average molecular weight is 424 g/mol. The van der Waals surface area contributed by atoms with Crippen molar-refractivity contribution in [1.29, 1.82) is 0 Å². The van der Waals surface area contributed by atoms with Crippen LogP contribution in [0.15, 0.2) is 53.9 Å². The number of esters is 1. The van der Waals surface area contributed by atoms with Gasteiger partial charge in [-0.3, -0.25) is 4.79 Å². The van der Waals surface area contributed by atoms with Gasteiger partial charge in [-0.25, -0.2) is 9.78 Å². The predicted molar refractivity (Wildman–Crippen MR) is 118 cm³/mol. The van der Waals surface area contributed by atoms with Gasteiger partial charge in [-0.15, -0.1) is 11.3 Å². The number of Topliss-reactive ketones (excluding diaryl/α,β-unsaturated/α-hetero) is 1. The molecule has 1 heterocycles. The number of ether oxygens (including phenoxy) is 2. The standard InChI is InChI=1S/C24H25NO4S/c1-4-22(26)18-9-11-21(12-10-18)28-14-23(27)29-13-20-15-30-24(25-20)19-7-5-17(6-8-19)16(2)3/h5-12,15-16H,4,13-14H2,1-3H3.